The van der Waals surface area contributed by atoms with E-state index in [-0.39, 0.29) is 30.7 Å². The minimum absolute atomic E-state index is 0. The van der Waals surface area contributed by atoms with E-state index in [1.165, 1.54) is 19.3 Å². The van der Waals surface area contributed by atoms with E-state index in [0.717, 1.165) is 58.8 Å². The van der Waals surface area contributed by atoms with E-state index in [1.807, 2.05) is 6.92 Å². The molecule has 2 unspecified atom stereocenters. The molecule has 0 aromatic carbocycles. The van der Waals surface area contributed by atoms with Crippen LogP contribution in [0.25, 0.3) is 0 Å². The van der Waals surface area contributed by atoms with Gasteiger partial charge < -0.3 is 15.4 Å². The van der Waals surface area contributed by atoms with Crippen LogP contribution in [0.3, 0.4) is 0 Å². The molecule has 2 atom stereocenters. The standard InChI is InChI=1S/C18H33N3O2.2ClH/c1-2-23-11-10-20-6-8-21(9-7-20)18(22)16-12-14-4-3-5-15(13-16)17(14)19;;/h14-17H,2-13,19H2,1H3;2*1H. The number of ether oxygens (including phenoxy) is 1. The summed E-state index contributed by atoms with van der Waals surface area (Å²) in [7, 11) is 0. The highest BCUT2D eigenvalue weighted by atomic mass is 35.5. The first kappa shape index (κ1) is 23.0. The van der Waals surface area contributed by atoms with E-state index >= 15 is 0 Å². The second-order valence-corrected chi connectivity index (χ2v) is 7.56. The number of piperazine rings is 1. The van der Waals surface area contributed by atoms with Crippen molar-refractivity contribution in [2.24, 2.45) is 23.5 Å². The van der Waals surface area contributed by atoms with Crippen LogP contribution in [0.1, 0.15) is 39.0 Å². The number of fused-ring (bicyclic) bond motifs is 2. The lowest BCUT2D eigenvalue weighted by Crippen LogP contribution is -2.54. The molecule has 2 saturated carbocycles. The third-order valence-electron chi connectivity index (χ3n) is 6.20. The Bertz CT molecular complexity index is 392. The summed E-state index contributed by atoms with van der Waals surface area (Å²) in [5, 5.41) is 0. The number of carbonyl (C=O) groups excluding carboxylic acids is 1. The van der Waals surface area contributed by atoms with Crippen molar-refractivity contribution in [1.82, 2.24) is 9.80 Å². The van der Waals surface area contributed by atoms with Gasteiger partial charge in [0.25, 0.3) is 0 Å². The Balaban J connectivity index is 0.00000156. The van der Waals surface area contributed by atoms with Gasteiger partial charge in [-0.2, -0.15) is 0 Å². The van der Waals surface area contributed by atoms with Crippen LogP contribution >= 0.6 is 24.8 Å². The van der Waals surface area contributed by atoms with Gasteiger partial charge in [-0.1, -0.05) is 6.42 Å². The van der Waals surface area contributed by atoms with Crippen molar-refractivity contribution in [2.45, 2.75) is 45.1 Å². The van der Waals surface area contributed by atoms with E-state index in [0.29, 0.717) is 23.8 Å². The third kappa shape index (κ3) is 5.70. The maximum absolute atomic E-state index is 12.9. The monoisotopic (exact) mass is 395 g/mol. The molecule has 3 rings (SSSR count). The normalized spacial score (nSPS) is 32.5. The van der Waals surface area contributed by atoms with Gasteiger partial charge in [0, 0.05) is 51.3 Å². The average Bonchev–Trinajstić information content (AvgIpc) is 2.55. The van der Waals surface area contributed by atoms with Crippen molar-refractivity contribution in [3.8, 4) is 0 Å². The summed E-state index contributed by atoms with van der Waals surface area (Å²) in [5.74, 6) is 1.81. The van der Waals surface area contributed by atoms with Gasteiger partial charge in [-0.3, -0.25) is 9.69 Å². The molecule has 1 heterocycles. The lowest BCUT2D eigenvalue weighted by molar-refractivity contribution is -0.140. The topological polar surface area (TPSA) is 58.8 Å². The van der Waals surface area contributed by atoms with Gasteiger partial charge in [0.15, 0.2) is 0 Å². The third-order valence-corrected chi connectivity index (χ3v) is 6.20. The van der Waals surface area contributed by atoms with Crippen LogP contribution in [-0.2, 0) is 9.53 Å². The van der Waals surface area contributed by atoms with E-state index in [1.54, 1.807) is 0 Å². The van der Waals surface area contributed by atoms with Gasteiger partial charge in [-0.25, -0.2) is 0 Å². The molecule has 2 aliphatic carbocycles. The number of halogens is 2. The lowest BCUT2D eigenvalue weighted by Gasteiger charge is -2.45. The highest BCUT2D eigenvalue weighted by molar-refractivity contribution is 5.85. The fraction of sp³-hybridized carbons (Fsp3) is 0.944. The minimum Gasteiger partial charge on any atom is -0.380 e. The van der Waals surface area contributed by atoms with Crippen molar-refractivity contribution < 1.29 is 9.53 Å². The molecular formula is C18H35Cl2N3O2. The first-order valence-electron chi connectivity index (χ1n) is 9.53. The molecule has 1 aliphatic heterocycles. The van der Waals surface area contributed by atoms with Crippen LogP contribution in [0.4, 0.5) is 0 Å². The van der Waals surface area contributed by atoms with Gasteiger partial charge in [0.05, 0.1) is 6.61 Å². The minimum atomic E-state index is 0. The first-order chi connectivity index (χ1) is 11.2. The number of nitrogens with zero attached hydrogens (tertiary/aromatic N) is 2. The average molecular weight is 396 g/mol. The SMILES string of the molecule is CCOCCN1CCN(C(=O)C2CC3CCCC(C2)C3N)CC1.Cl.Cl. The fourth-order valence-electron chi connectivity index (χ4n) is 4.78. The quantitative estimate of drug-likeness (QED) is 0.724. The smallest absolute Gasteiger partial charge is 0.225 e. The van der Waals surface area contributed by atoms with Crippen LogP contribution in [0.5, 0.6) is 0 Å². The summed E-state index contributed by atoms with van der Waals surface area (Å²) < 4.78 is 5.42. The summed E-state index contributed by atoms with van der Waals surface area (Å²) in [6.07, 6.45) is 5.82. The van der Waals surface area contributed by atoms with Crippen LogP contribution in [-0.4, -0.2) is 67.7 Å². The Morgan fingerprint density at radius 1 is 1.08 bits per heavy atom. The highest BCUT2D eigenvalue weighted by Crippen LogP contribution is 2.42. The van der Waals surface area contributed by atoms with Gasteiger partial charge in [0.1, 0.15) is 0 Å². The molecule has 7 heteroatoms. The molecule has 0 aromatic rings. The Morgan fingerprint density at radius 2 is 1.68 bits per heavy atom. The molecule has 25 heavy (non-hydrogen) atoms. The van der Waals surface area contributed by atoms with Crippen LogP contribution in [0.2, 0.25) is 0 Å². The number of rotatable bonds is 5. The molecule has 5 nitrogen and oxygen atoms in total. The molecule has 3 fully saturated rings. The predicted octanol–water partition coefficient (Wildman–Crippen LogP) is 2.16. The summed E-state index contributed by atoms with van der Waals surface area (Å²) in [6, 6.07) is 0.350. The molecule has 1 saturated heterocycles. The zero-order valence-electron chi connectivity index (χ0n) is 15.4. The molecule has 148 valence electrons. The maximum Gasteiger partial charge on any atom is 0.225 e. The van der Waals surface area contributed by atoms with Gasteiger partial charge in [-0.05, 0) is 44.4 Å². The van der Waals surface area contributed by atoms with Gasteiger partial charge in [0.2, 0.25) is 5.91 Å². The van der Waals surface area contributed by atoms with Gasteiger partial charge >= 0.3 is 0 Å². The van der Waals surface area contributed by atoms with E-state index in [9.17, 15) is 4.79 Å². The zero-order chi connectivity index (χ0) is 16.2. The Labute approximate surface area is 164 Å². The van der Waals surface area contributed by atoms with E-state index in [4.69, 9.17) is 10.5 Å². The molecule has 0 aromatic heterocycles. The Hall–Kier alpha value is -0.0700. The van der Waals surface area contributed by atoms with Crippen molar-refractivity contribution in [3.63, 3.8) is 0 Å². The Morgan fingerprint density at radius 3 is 2.24 bits per heavy atom. The van der Waals surface area contributed by atoms with Crippen LogP contribution in [0, 0.1) is 17.8 Å². The number of carbonyl (C=O) groups is 1. The molecule has 2 bridgehead atoms. The van der Waals surface area contributed by atoms with Crippen molar-refractivity contribution >= 4 is 30.7 Å². The number of hydrogen-bond donors (Lipinski definition) is 1. The second kappa shape index (κ2) is 10.9. The summed E-state index contributed by atoms with van der Waals surface area (Å²) >= 11 is 0. The summed E-state index contributed by atoms with van der Waals surface area (Å²) in [6.45, 7) is 8.32. The number of amides is 1. The first-order valence-corrected chi connectivity index (χ1v) is 9.53. The van der Waals surface area contributed by atoms with Gasteiger partial charge in [-0.15, -0.1) is 24.8 Å². The number of nitrogens with two attached hydrogens (primary N) is 1. The molecule has 0 radical (unpaired) electrons. The maximum atomic E-state index is 12.9. The highest BCUT2D eigenvalue weighted by Gasteiger charge is 2.41. The molecule has 1 amide bonds. The molecule has 0 spiro atoms. The molecule has 3 aliphatic rings. The van der Waals surface area contributed by atoms with E-state index in [2.05, 4.69) is 9.80 Å². The zero-order valence-corrected chi connectivity index (χ0v) is 17.0. The van der Waals surface area contributed by atoms with Crippen molar-refractivity contribution in [3.05, 3.63) is 0 Å². The Kier molecular flexibility index (Phi) is 10.0. The van der Waals surface area contributed by atoms with Crippen LogP contribution in [0.15, 0.2) is 0 Å². The molecule has 2 N–H and O–H groups in total. The van der Waals surface area contributed by atoms with E-state index < -0.39 is 0 Å². The van der Waals surface area contributed by atoms with Crippen molar-refractivity contribution in [1.29, 1.82) is 0 Å². The number of hydrogen-bond acceptors (Lipinski definition) is 4. The summed E-state index contributed by atoms with van der Waals surface area (Å²) in [5.41, 5.74) is 6.36. The predicted molar refractivity (Wildman–Crippen MR) is 106 cm³/mol. The second-order valence-electron chi connectivity index (χ2n) is 7.56. The molecular weight excluding hydrogens is 361 g/mol. The lowest BCUT2D eigenvalue weighted by atomic mass is 9.65. The van der Waals surface area contributed by atoms with Crippen LogP contribution < -0.4 is 5.73 Å². The fourth-order valence-corrected chi connectivity index (χ4v) is 4.78. The summed E-state index contributed by atoms with van der Waals surface area (Å²) in [4.78, 5) is 17.4. The largest absolute Gasteiger partial charge is 0.380 e. The van der Waals surface area contributed by atoms with Crippen molar-refractivity contribution in [2.75, 3.05) is 45.9 Å².